The number of hydrogen-bond acceptors (Lipinski definition) is 4. The zero-order chi connectivity index (χ0) is 17.5. The van der Waals surface area contributed by atoms with Crippen LogP contribution in [0.5, 0.6) is 0 Å². The number of aromatic amines is 1. The summed E-state index contributed by atoms with van der Waals surface area (Å²) in [6.45, 7) is 2.01. The van der Waals surface area contributed by atoms with E-state index in [4.69, 9.17) is 16.7 Å². The summed E-state index contributed by atoms with van der Waals surface area (Å²) in [5.74, 6) is -0.334. The number of H-pyrrole nitrogens is 1. The van der Waals surface area contributed by atoms with Gasteiger partial charge in [-0.25, -0.2) is 13.6 Å². The number of primary sulfonamides is 1. The molecule has 1 heterocycles. The lowest BCUT2D eigenvalue weighted by molar-refractivity contribution is 0.103. The minimum absolute atomic E-state index is 0.0237. The number of hydrogen-bond donors (Lipinski definition) is 2. The number of aromatic nitrogens is 2. The fourth-order valence-corrected chi connectivity index (χ4v) is 3.58. The highest BCUT2D eigenvalue weighted by atomic mass is 35.5. The van der Waals surface area contributed by atoms with Gasteiger partial charge in [-0.05, 0) is 30.7 Å². The molecule has 0 saturated heterocycles. The van der Waals surface area contributed by atoms with Crippen molar-refractivity contribution in [2.75, 3.05) is 0 Å². The van der Waals surface area contributed by atoms with Crippen molar-refractivity contribution in [3.05, 3.63) is 58.2 Å². The molecular weight excluding hydrogens is 350 g/mol. The van der Waals surface area contributed by atoms with Crippen LogP contribution >= 0.6 is 11.6 Å². The smallest absolute Gasteiger partial charge is 0.239 e. The van der Waals surface area contributed by atoms with Crippen molar-refractivity contribution in [2.45, 2.75) is 18.2 Å². The van der Waals surface area contributed by atoms with E-state index in [1.807, 2.05) is 13.0 Å². The minimum atomic E-state index is -4.01. The Morgan fingerprint density at radius 3 is 2.54 bits per heavy atom. The molecule has 2 aromatic carbocycles. The average molecular weight is 364 g/mol. The van der Waals surface area contributed by atoms with Gasteiger partial charge in [0.1, 0.15) is 4.90 Å². The van der Waals surface area contributed by atoms with Gasteiger partial charge < -0.3 is 0 Å². The highest BCUT2D eigenvalue weighted by Gasteiger charge is 2.18. The summed E-state index contributed by atoms with van der Waals surface area (Å²) < 4.78 is 23.1. The maximum atomic E-state index is 12.6. The molecule has 124 valence electrons. The number of aryl methyl sites for hydroxylation is 1. The second-order valence-corrected chi connectivity index (χ2v) is 7.24. The highest BCUT2D eigenvalue weighted by molar-refractivity contribution is 7.89. The molecule has 0 aliphatic rings. The molecule has 6 nitrogen and oxygen atoms in total. The molecule has 8 heteroatoms. The fraction of sp³-hybridized carbons (Fsp3) is 0.125. The van der Waals surface area contributed by atoms with Crippen LogP contribution in [-0.2, 0) is 16.4 Å². The van der Waals surface area contributed by atoms with Crippen LogP contribution in [0.1, 0.15) is 28.5 Å². The molecule has 3 N–H and O–H groups in total. The average Bonchev–Trinajstić information content (AvgIpc) is 2.95. The number of carbonyl (C=O) groups is 1. The van der Waals surface area contributed by atoms with Gasteiger partial charge in [0.15, 0.2) is 5.78 Å². The second-order valence-electron chi connectivity index (χ2n) is 5.31. The van der Waals surface area contributed by atoms with Crippen LogP contribution in [0.3, 0.4) is 0 Å². The Morgan fingerprint density at radius 2 is 1.88 bits per heavy atom. The zero-order valence-electron chi connectivity index (χ0n) is 12.7. The van der Waals surface area contributed by atoms with Crippen molar-refractivity contribution in [1.82, 2.24) is 10.2 Å². The number of ketones is 1. The second kappa shape index (κ2) is 6.01. The summed E-state index contributed by atoms with van der Waals surface area (Å²) in [6.07, 6.45) is 0.804. The van der Waals surface area contributed by atoms with Gasteiger partial charge in [0.25, 0.3) is 0 Å². The lowest BCUT2D eigenvalue weighted by Gasteiger charge is -2.06. The molecule has 0 radical (unpaired) electrons. The zero-order valence-corrected chi connectivity index (χ0v) is 14.3. The van der Waals surface area contributed by atoms with Crippen LogP contribution in [0.25, 0.3) is 10.9 Å². The molecular formula is C16H14ClN3O3S. The lowest BCUT2D eigenvalue weighted by atomic mass is 10.0. The maximum absolute atomic E-state index is 12.6. The van der Waals surface area contributed by atoms with E-state index in [0.29, 0.717) is 11.1 Å². The summed E-state index contributed by atoms with van der Waals surface area (Å²) in [4.78, 5) is 12.4. The van der Waals surface area contributed by atoms with Crippen LogP contribution in [-0.4, -0.2) is 24.4 Å². The number of benzene rings is 2. The van der Waals surface area contributed by atoms with Crippen molar-refractivity contribution >= 4 is 38.3 Å². The Bertz CT molecular complexity index is 1060. The van der Waals surface area contributed by atoms with E-state index in [0.717, 1.165) is 17.5 Å². The van der Waals surface area contributed by atoms with Crippen molar-refractivity contribution < 1.29 is 13.2 Å². The predicted octanol–water partition coefficient (Wildman–Crippen LogP) is 2.66. The summed E-state index contributed by atoms with van der Waals surface area (Å²) in [5, 5.41) is 13.2. The van der Waals surface area contributed by atoms with Gasteiger partial charge in [-0.15, -0.1) is 0 Å². The summed E-state index contributed by atoms with van der Waals surface area (Å²) in [7, 11) is -4.01. The Hall–Kier alpha value is -2.22. The third kappa shape index (κ3) is 2.93. The number of nitrogens with one attached hydrogen (secondary N) is 1. The topological polar surface area (TPSA) is 106 Å². The van der Waals surface area contributed by atoms with Gasteiger partial charge in [0, 0.05) is 22.2 Å². The monoisotopic (exact) mass is 363 g/mol. The van der Waals surface area contributed by atoms with Crippen molar-refractivity contribution in [1.29, 1.82) is 0 Å². The molecule has 0 atom stereocenters. The van der Waals surface area contributed by atoms with Crippen LogP contribution in [0.15, 0.2) is 41.3 Å². The van der Waals surface area contributed by atoms with E-state index in [1.54, 1.807) is 12.1 Å². The number of fused-ring (bicyclic) bond motifs is 1. The molecule has 1 aromatic heterocycles. The Morgan fingerprint density at radius 1 is 1.21 bits per heavy atom. The molecule has 0 amide bonds. The first-order chi connectivity index (χ1) is 11.3. The fourth-order valence-electron chi connectivity index (χ4n) is 2.51. The van der Waals surface area contributed by atoms with E-state index in [-0.39, 0.29) is 21.3 Å². The maximum Gasteiger partial charge on any atom is 0.239 e. The van der Waals surface area contributed by atoms with E-state index in [2.05, 4.69) is 10.2 Å². The third-order valence-electron chi connectivity index (χ3n) is 3.75. The number of halogens is 1. The number of rotatable bonds is 4. The van der Waals surface area contributed by atoms with Crippen LogP contribution in [0, 0.1) is 0 Å². The van der Waals surface area contributed by atoms with Crippen LogP contribution < -0.4 is 5.14 Å². The molecule has 3 aromatic rings. The standard InChI is InChI=1S/C16H14ClN3O3S/c1-2-13-11-5-3-9(7-14(11)20-19-13)16(21)10-4-6-12(17)15(8-10)24(18,22)23/h3-8H,2H2,1H3,(H,19,20)(H2,18,22,23). The number of nitrogens with two attached hydrogens (primary N) is 1. The van der Waals surface area contributed by atoms with Crippen molar-refractivity contribution in [2.24, 2.45) is 5.14 Å². The quantitative estimate of drug-likeness (QED) is 0.695. The van der Waals surface area contributed by atoms with Gasteiger partial charge in [-0.1, -0.05) is 30.7 Å². The highest BCUT2D eigenvalue weighted by Crippen LogP contribution is 2.24. The van der Waals surface area contributed by atoms with Gasteiger partial charge in [-0.2, -0.15) is 5.10 Å². The van der Waals surface area contributed by atoms with E-state index in [9.17, 15) is 13.2 Å². The molecule has 0 bridgehead atoms. The van der Waals surface area contributed by atoms with Gasteiger partial charge in [0.2, 0.25) is 10.0 Å². The molecule has 0 fully saturated rings. The van der Waals surface area contributed by atoms with E-state index >= 15 is 0 Å². The normalized spacial score (nSPS) is 11.8. The Balaban J connectivity index is 2.06. The van der Waals surface area contributed by atoms with E-state index in [1.165, 1.54) is 18.2 Å². The molecule has 0 aliphatic heterocycles. The number of sulfonamides is 1. The summed E-state index contributed by atoms with van der Waals surface area (Å²) in [5.41, 5.74) is 2.26. The Labute approximate surface area is 143 Å². The lowest BCUT2D eigenvalue weighted by Crippen LogP contribution is -2.14. The molecule has 0 aliphatic carbocycles. The largest absolute Gasteiger partial charge is 0.289 e. The predicted molar refractivity (Wildman–Crippen MR) is 91.7 cm³/mol. The Kier molecular flexibility index (Phi) is 4.16. The third-order valence-corrected chi connectivity index (χ3v) is 5.14. The molecule has 3 rings (SSSR count). The first-order valence-corrected chi connectivity index (χ1v) is 9.07. The van der Waals surface area contributed by atoms with E-state index < -0.39 is 10.0 Å². The van der Waals surface area contributed by atoms with Crippen molar-refractivity contribution in [3.63, 3.8) is 0 Å². The first-order valence-electron chi connectivity index (χ1n) is 7.15. The SMILES string of the molecule is CCc1[nH]nc2cc(C(=O)c3ccc(Cl)c(S(N)(=O)=O)c3)ccc12. The van der Waals surface area contributed by atoms with Gasteiger partial charge >= 0.3 is 0 Å². The van der Waals surface area contributed by atoms with Crippen molar-refractivity contribution in [3.8, 4) is 0 Å². The summed E-state index contributed by atoms with van der Waals surface area (Å²) in [6, 6.07) is 9.17. The first kappa shape index (κ1) is 16.6. The van der Waals surface area contributed by atoms with Crippen LogP contribution in [0.2, 0.25) is 5.02 Å². The number of carbonyl (C=O) groups excluding carboxylic acids is 1. The number of nitrogens with zero attached hydrogens (tertiary/aromatic N) is 1. The molecule has 0 unspecified atom stereocenters. The minimum Gasteiger partial charge on any atom is -0.289 e. The van der Waals surface area contributed by atoms with Crippen LogP contribution in [0.4, 0.5) is 0 Å². The molecule has 0 spiro atoms. The van der Waals surface area contributed by atoms with Gasteiger partial charge in [0.05, 0.1) is 10.5 Å². The molecule has 24 heavy (non-hydrogen) atoms. The summed E-state index contributed by atoms with van der Waals surface area (Å²) >= 11 is 5.84. The van der Waals surface area contributed by atoms with Gasteiger partial charge in [-0.3, -0.25) is 9.89 Å². The molecule has 0 saturated carbocycles.